The lowest BCUT2D eigenvalue weighted by Gasteiger charge is -2.24. The maximum Gasteiger partial charge on any atom is 0.294 e. The van der Waals surface area contributed by atoms with E-state index in [1.165, 1.54) is 11.3 Å². The van der Waals surface area contributed by atoms with Crippen LogP contribution in [0.25, 0.3) is 0 Å². The second-order valence-electron chi connectivity index (χ2n) is 6.56. The molecule has 20 heavy (non-hydrogen) atoms. The third-order valence-electron chi connectivity index (χ3n) is 3.56. The Labute approximate surface area is 125 Å². The Morgan fingerprint density at radius 2 is 2.05 bits per heavy atom. The van der Waals surface area contributed by atoms with Crippen molar-refractivity contribution >= 4 is 11.3 Å². The Morgan fingerprint density at radius 1 is 1.30 bits per heavy atom. The summed E-state index contributed by atoms with van der Waals surface area (Å²) in [6.45, 7) is 10.2. The van der Waals surface area contributed by atoms with Crippen molar-refractivity contribution in [2.45, 2.75) is 52.6 Å². The maximum atomic E-state index is 5.81. The minimum absolute atomic E-state index is 0.0938. The highest BCUT2D eigenvalue weighted by molar-refractivity contribution is 7.13. The van der Waals surface area contributed by atoms with Crippen LogP contribution in [0.3, 0.4) is 0 Å². The van der Waals surface area contributed by atoms with Gasteiger partial charge in [0.1, 0.15) is 5.01 Å². The van der Waals surface area contributed by atoms with Crippen molar-refractivity contribution in [1.29, 1.82) is 0 Å². The van der Waals surface area contributed by atoms with Crippen molar-refractivity contribution in [1.82, 2.24) is 15.5 Å². The molecule has 0 aliphatic heterocycles. The molecule has 1 aromatic rings. The summed E-state index contributed by atoms with van der Waals surface area (Å²) in [6, 6.07) is 0. The molecule has 1 aliphatic rings. The van der Waals surface area contributed by atoms with Gasteiger partial charge in [0.15, 0.2) is 0 Å². The Bertz CT molecular complexity index is 450. The van der Waals surface area contributed by atoms with E-state index in [1.54, 1.807) is 0 Å². The average Bonchev–Trinajstić information content (AvgIpc) is 2.83. The summed E-state index contributed by atoms with van der Waals surface area (Å²) in [4.78, 5) is 0. The van der Waals surface area contributed by atoms with Crippen molar-refractivity contribution in [3.63, 3.8) is 0 Å². The largest absolute Gasteiger partial charge is 0.469 e. The summed E-state index contributed by atoms with van der Waals surface area (Å²) in [5.74, 6) is 1.29. The van der Waals surface area contributed by atoms with Crippen LogP contribution in [0.15, 0.2) is 12.2 Å². The number of nitrogens with one attached hydrogen (secondary N) is 1. The highest BCUT2D eigenvalue weighted by Crippen LogP contribution is 2.26. The SMILES string of the molecule is CC1CC=CCC1COc1nnc(CNC(C)(C)C)s1. The fraction of sp³-hybridized carbons (Fsp3) is 0.733. The van der Waals surface area contributed by atoms with E-state index in [4.69, 9.17) is 4.74 Å². The first-order valence-electron chi connectivity index (χ1n) is 7.29. The maximum absolute atomic E-state index is 5.81. The Hall–Kier alpha value is -0.940. The van der Waals surface area contributed by atoms with Crippen LogP contribution >= 0.6 is 11.3 Å². The third-order valence-corrected chi connectivity index (χ3v) is 4.39. The molecule has 2 atom stereocenters. The zero-order chi connectivity index (χ0) is 14.6. The minimum atomic E-state index is 0.0938. The molecule has 0 aromatic carbocycles. The predicted octanol–water partition coefficient (Wildman–Crippen LogP) is 3.41. The van der Waals surface area contributed by atoms with Crippen LogP contribution in [0.2, 0.25) is 0 Å². The van der Waals surface area contributed by atoms with Crippen molar-refractivity contribution in [3.05, 3.63) is 17.2 Å². The van der Waals surface area contributed by atoms with Gasteiger partial charge in [-0.2, -0.15) is 0 Å². The summed E-state index contributed by atoms with van der Waals surface area (Å²) in [5.41, 5.74) is 0.0938. The zero-order valence-electron chi connectivity index (χ0n) is 12.8. The summed E-state index contributed by atoms with van der Waals surface area (Å²) in [6.07, 6.45) is 6.79. The molecule has 0 fully saturated rings. The highest BCUT2D eigenvalue weighted by Gasteiger charge is 2.19. The van der Waals surface area contributed by atoms with Crippen molar-refractivity contribution in [2.24, 2.45) is 11.8 Å². The van der Waals surface area contributed by atoms with Gasteiger partial charge in [0.25, 0.3) is 5.19 Å². The van der Waals surface area contributed by atoms with Gasteiger partial charge in [-0.25, -0.2) is 0 Å². The lowest BCUT2D eigenvalue weighted by atomic mass is 9.85. The molecule has 1 aliphatic carbocycles. The molecule has 112 valence electrons. The molecule has 2 unspecified atom stereocenters. The fourth-order valence-electron chi connectivity index (χ4n) is 2.13. The second-order valence-corrected chi connectivity index (χ2v) is 7.58. The molecular formula is C15H25N3OS. The van der Waals surface area contributed by atoms with Gasteiger partial charge in [-0.15, -0.1) is 10.2 Å². The van der Waals surface area contributed by atoms with Crippen molar-refractivity contribution in [2.75, 3.05) is 6.61 Å². The summed E-state index contributed by atoms with van der Waals surface area (Å²) < 4.78 is 5.81. The monoisotopic (exact) mass is 295 g/mol. The Kier molecular flexibility index (Phi) is 5.16. The van der Waals surface area contributed by atoms with Gasteiger partial charge in [-0.3, -0.25) is 0 Å². The molecule has 1 N–H and O–H groups in total. The first-order valence-corrected chi connectivity index (χ1v) is 8.11. The summed E-state index contributed by atoms with van der Waals surface area (Å²) in [7, 11) is 0. The molecule has 1 heterocycles. The van der Waals surface area contributed by atoms with Crippen LogP contribution in [-0.4, -0.2) is 22.3 Å². The second kappa shape index (κ2) is 6.68. The van der Waals surface area contributed by atoms with Crippen LogP contribution in [0.4, 0.5) is 0 Å². The van der Waals surface area contributed by atoms with E-state index in [0.29, 0.717) is 17.0 Å². The molecule has 0 saturated heterocycles. The molecule has 2 rings (SSSR count). The summed E-state index contributed by atoms with van der Waals surface area (Å²) >= 11 is 1.54. The third kappa shape index (κ3) is 4.87. The smallest absolute Gasteiger partial charge is 0.294 e. The van der Waals surface area contributed by atoms with Gasteiger partial charge >= 0.3 is 0 Å². The zero-order valence-corrected chi connectivity index (χ0v) is 13.7. The van der Waals surface area contributed by atoms with E-state index in [-0.39, 0.29) is 5.54 Å². The van der Waals surface area contributed by atoms with Crippen LogP contribution in [0.5, 0.6) is 5.19 Å². The van der Waals surface area contributed by atoms with Crippen LogP contribution in [0.1, 0.15) is 45.5 Å². The summed E-state index contributed by atoms with van der Waals surface area (Å²) in [5, 5.41) is 13.4. The van der Waals surface area contributed by atoms with E-state index in [0.717, 1.165) is 31.0 Å². The van der Waals surface area contributed by atoms with E-state index in [2.05, 4.69) is 55.4 Å². The predicted molar refractivity (Wildman–Crippen MR) is 83.0 cm³/mol. The highest BCUT2D eigenvalue weighted by atomic mass is 32.1. The Balaban J connectivity index is 1.79. The van der Waals surface area contributed by atoms with Crippen LogP contribution in [-0.2, 0) is 6.54 Å². The molecule has 0 bridgehead atoms. The molecule has 1 aromatic heterocycles. The van der Waals surface area contributed by atoms with E-state index in [9.17, 15) is 0 Å². The van der Waals surface area contributed by atoms with Gasteiger partial charge in [-0.1, -0.05) is 30.4 Å². The normalized spacial score (nSPS) is 23.0. The van der Waals surface area contributed by atoms with Gasteiger partial charge in [0, 0.05) is 5.54 Å². The van der Waals surface area contributed by atoms with Crippen molar-refractivity contribution in [3.8, 4) is 5.19 Å². The van der Waals surface area contributed by atoms with E-state index < -0.39 is 0 Å². The first kappa shape index (κ1) is 15.4. The Morgan fingerprint density at radius 3 is 2.75 bits per heavy atom. The van der Waals surface area contributed by atoms with Crippen LogP contribution in [0, 0.1) is 11.8 Å². The lowest BCUT2D eigenvalue weighted by molar-refractivity contribution is 0.197. The number of nitrogens with zero attached hydrogens (tertiary/aromatic N) is 2. The van der Waals surface area contributed by atoms with E-state index in [1.807, 2.05) is 0 Å². The topological polar surface area (TPSA) is 47.0 Å². The molecule has 0 radical (unpaired) electrons. The van der Waals surface area contributed by atoms with E-state index >= 15 is 0 Å². The molecule has 4 nitrogen and oxygen atoms in total. The number of aromatic nitrogens is 2. The average molecular weight is 295 g/mol. The fourth-order valence-corrected chi connectivity index (χ4v) is 2.76. The molecular weight excluding hydrogens is 270 g/mol. The number of rotatable bonds is 5. The quantitative estimate of drug-likeness (QED) is 0.846. The lowest BCUT2D eigenvalue weighted by Crippen LogP contribution is -2.35. The van der Waals surface area contributed by atoms with Gasteiger partial charge < -0.3 is 10.1 Å². The van der Waals surface area contributed by atoms with Crippen LogP contribution < -0.4 is 10.1 Å². The number of hydrogen-bond donors (Lipinski definition) is 1. The van der Waals surface area contributed by atoms with Gasteiger partial charge in [-0.05, 0) is 45.4 Å². The molecule has 0 amide bonds. The minimum Gasteiger partial charge on any atom is -0.469 e. The standard InChI is InChI=1S/C15H25N3OS/c1-11-7-5-6-8-12(11)10-19-14-18-17-13(20-14)9-16-15(2,3)4/h5-6,11-12,16H,7-10H2,1-4H3. The number of allylic oxidation sites excluding steroid dienone is 2. The molecule has 5 heteroatoms. The van der Waals surface area contributed by atoms with Crippen molar-refractivity contribution < 1.29 is 4.74 Å². The first-order chi connectivity index (χ1) is 9.44. The molecule has 0 spiro atoms. The molecule has 0 saturated carbocycles. The number of ether oxygens (including phenoxy) is 1. The number of hydrogen-bond acceptors (Lipinski definition) is 5. The van der Waals surface area contributed by atoms with Gasteiger partial charge in [0.05, 0.1) is 13.2 Å². The van der Waals surface area contributed by atoms with Gasteiger partial charge in [0.2, 0.25) is 0 Å².